The number of hydrogen-bond acceptors (Lipinski definition) is 6. The number of likely N-dealkylation sites (tertiary alicyclic amines) is 1. The molecule has 1 heterocycles. The molecule has 3 amide bonds. The summed E-state index contributed by atoms with van der Waals surface area (Å²) in [5.41, 5.74) is -1.47. The number of alkyl carbamates (subject to hydrolysis) is 1. The van der Waals surface area contributed by atoms with Crippen LogP contribution >= 0.6 is 0 Å². The zero-order chi connectivity index (χ0) is 21.9. The van der Waals surface area contributed by atoms with Crippen molar-refractivity contribution in [1.29, 1.82) is 0 Å². The van der Waals surface area contributed by atoms with Crippen LogP contribution in [0.1, 0.15) is 54.9 Å². The van der Waals surface area contributed by atoms with E-state index in [1.54, 1.807) is 41.5 Å². The molecule has 1 aliphatic rings. The molecule has 10 nitrogen and oxygen atoms in total. The highest BCUT2D eigenvalue weighted by molar-refractivity contribution is 5.86. The molecule has 0 spiro atoms. The van der Waals surface area contributed by atoms with Gasteiger partial charge in [-0.05, 0) is 48.5 Å². The van der Waals surface area contributed by atoms with Gasteiger partial charge in [0.1, 0.15) is 23.3 Å². The molecular formula is C18H31N3O7. The number of rotatable bonds is 4. The van der Waals surface area contributed by atoms with E-state index in [2.05, 4.69) is 10.6 Å². The van der Waals surface area contributed by atoms with E-state index in [4.69, 9.17) is 9.47 Å². The van der Waals surface area contributed by atoms with Gasteiger partial charge in [0.15, 0.2) is 0 Å². The van der Waals surface area contributed by atoms with Crippen LogP contribution in [0.5, 0.6) is 0 Å². The standard InChI is InChI=1S/C18H31N3O7/c1-10(19-15(25)27-17(2,3)4)13(22)20-11-8-12(14(23)24)21(9-11)16(26)28-18(5,6)7/h10-12H,8-9H2,1-7H3,(H,19,25)(H,20,22)(H,23,24)/t10-,11-,12+/m0/s1. The largest absolute Gasteiger partial charge is 0.480 e. The van der Waals surface area contributed by atoms with Crippen molar-refractivity contribution in [2.45, 2.75) is 84.2 Å². The molecule has 28 heavy (non-hydrogen) atoms. The SMILES string of the molecule is C[C@H](NC(=O)OC(C)(C)C)C(=O)N[C@H]1C[C@H](C(=O)O)N(C(=O)OC(C)(C)C)C1. The maximum atomic E-state index is 12.3. The first-order valence-corrected chi connectivity index (χ1v) is 9.11. The monoisotopic (exact) mass is 401 g/mol. The van der Waals surface area contributed by atoms with Gasteiger partial charge in [-0.1, -0.05) is 0 Å². The van der Waals surface area contributed by atoms with Crippen LogP contribution in [0.25, 0.3) is 0 Å². The number of aliphatic carboxylic acids is 1. The summed E-state index contributed by atoms with van der Waals surface area (Å²) >= 11 is 0. The zero-order valence-electron chi connectivity index (χ0n) is 17.5. The van der Waals surface area contributed by atoms with Crippen molar-refractivity contribution in [1.82, 2.24) is 15.5 Å². The topological polar surface area (TPSA) is 134 Å². The van der Waals surface area contributed by atoms with Crippen LogP contribution in [0.3, 0.4) is 0 Å². The first-order chi connectivity index (χ1) is 12.6. The summed E-state index contributed by atoms with van der Waals surface area (Å²) < 4.78 is 10.3. The lowest BCUT2D eigenvalue weighted by Gasteiger charge is -2.26. The number of carbonyl (C=O) groups is 4. The van der Waals surface area contributed by atoms with Gasteiger partial charge >= 0.3 is 18.2 Å². The van der Waals surface area contributed by atoms with Gasteiger partial charge in [0.25, 0.3) is 0 Å². The van der Waals surface area contributed by atoms with Gasteiger partial charge in [0, 0.05) is 19.0 Å². The highest BCUT2D eigenvalue weighted by Crippen LogP contribution is 2.22. The fourth-order valence-corrected chi connectivity index (χ4v) is 2.57. The van der Waals surface area contributed by atoms with Gasteiger partial charge in [0.05, 0.1) is 0 Å². The first-order valence-electron chi connectivity index (χ1n) is 9.11. The van der Waals surface area contributed by atoms with Crippen molar-refractivity contribution in [3.63, 3.8) is 0 Å². The molecule has 1 rings (SSSR count). The molecule has 0 aromatic carbocycles. The Morgan fingerprint density at radius 3 is 2.04 bits per heavy atom. The van der Waals surface area contributed by atoms with E-state index in [-0.39, 0.29) is 13.0 Å². The second-order valence-corrected chi connectivity index (χ2v) is 8.80. The molecule has 10 heteroatoms. The van der Waals surface area contributed by atoms with Crippen molar-refractivity contribution in [2.24, 2.45) is 0 Å². The summed E-state index contributed by atoms with van der Waals surface area (Å²) in [5.74, 6) is -1.69. The third-order valence-electron chi connectivity index (χ3n) is 3.69. The highest BCUT2D eigenvalue weighted by atomic mass is 16.6. The van der Waals surface area contributed by atoms with Crippen molar-refractivity contribution in [3.05, 3.63) is 0 Å². The van der Waals surface area contributed by atoms with Gasteiger partial charge in [-0.15, -0.1) is 0 Å². The van der Waals surface area contributed by atoms with Crippen LogP contribution < -0.4 is 10.6 Å². The quantitative estimate of drug-likeness (QED) is 0.649. The number of amides is 3. The van der Waals surface area contributed by atoms with E-state index in [9.17, 15) is 24.3 Å². The number of nitrogens with one attached hydrogen (secondary N) is 2. The van der Waals surface area contributed by atoms with E-state index < -0.39 is 53.4 Å². The molecule has 1 saturated heterocycles. The number of ether oxygens (including phenoxy) is 2. The summed E-state index contributed by atoms with van der Waals surface area (Å²) in [6, 6.07) is -2.58. The average molecular weight is 401 g/mol. The Labute approximate surface area is 164 Å². The lowest BCUT2D eigenvalue weighted by molar-refractivity contribution is -0.142. The van der Waals surface area contributed by atoms with Crippen LogP contribution in [0.4, 0.5) is 9.59 Å². The normalized spacial score (nSPS) is 20.9. The summed E-state index contributed by atoms with van der Waals surface area (Å²) in [6.07, 6.45) is -1.45. The molecule has 0 bridgehead atoms. The molecule has 0 aromatic rings. The Balaban J connectivity index is 2.68. The van der Waals surface area contributed by atoms with Crippen LogP contribution in [-0.4, -0.2) is 69.9 Å². The van der Waals surface area contributed by atoms with E-state index in [1.807, 2.05) is 0 Å². The van der Waals surface area contributed by atoms with Gasteiger partial charge in [0.2, 0.25) is 5.91 Å². The minimum atomic E-state index is -1.18. The van der Waals surface area contributed by atoms with Crippen LogP contribution in [-0.2, 0) is 19.1 Å². The minimum absolute atomic E-state index is 0.00320. The lowest BCUT2D eigenvalue weighted by atomic mass is 10.1. The zero-order valence-corrected chi connectivity index (χ0v) is 17.5. The Hall–Kier alpha value is -2.52. The number of carboxylic acid groups (broad SMARTS) is 1. The van der Waals surface area contributed by atoms with E-state index in [1.165, 1.54) is 6.92 Å². The molecule has 0 aromatic heterocycles. The highest BCUT2D eigenvalue weighted by Gasteiger charge is 2.42. The number of hydrogen-bond donors (Lipinski definition) is 3. The average Bonchev–Trinajstić information content (AvgIpc) is 2.87. The molecule has 0 unspecified atom stereocenters. The van der Waals surface area contributed by atoms with Crippen molar-refractivity contribution < 1.29 is 33.8 Å². The second-order valence-electron chi connectivity index (χ2n) is 8.80. The summed E-state index contributed by atoms with van der Waals surface area (Å²) in [6.45, 7) is 11.6. The van der Waals surface area contributed by atoms with Gasteiger partial charge in [-0.3, -0.25) is 9.69 Å². The van der Waals surface area contributed by atoms with Gasteiger partial charge < -0.3 is 25.2 Å². The van der Waals surface area contributed by atoms with Crippen LogP contribution in [0.2, 0.25) is 0 Å². The lowest BCUT2D eigenvalue weighted by Crippen LogP contribution is -2.50. The van der Waals surface area contributed by atoms with Crippen molar-refractivity contribution in [3.8, 4) is 0 Å². The molecule has 3 N–H and O–H groups in total. The predicted molar refractivity (Wildman–Crippen MR) is 99.7 cm³/mol. The molecule has 1 aliphatic heterocycles. The minimum Gasteiger partial charge on any atom is -0.480 e. The smallest absolute Gasteiger partial charge is 0.411 e. The second kappa shape index (κ2) is 8.66. The number of carbonyl (C=O) groups excluding carboxylic acids is 3. The van der Waals surface area contributed by atoms with Gasteiger partial charge in [-0.25, -0.2) is 14.4 Å². The Bertz CT molecular complexity index is 622. The predicted octanol–water partition coefficient (Wildman–Crippen LogP) is 1.48. The van der Waals surface area contributed by atoms with E-state index >= 15 is 0 Å². The van der Waals surface area contributed by atoms with Crippen molar-refractivity contribution >= 4 is 24.1 Å². The van der Waals surface area contributed by atoms with Crippen LogP contribution in [0.15, 0.2) is 0 Å². The number of nitrogens with zero attached hydrogens (tertiary/aromatic N) is 1. The van der Waals surface area contributed by atoms with Crippen LogP contribution in [0, 0.1) is 0 Å². The summed E-state index contributed by atoms with van der Waals surface area (Å²) in [5, 5.41) is 14.5. The molecular weight excluding hydrogens is 370 g/mol. The molecule has 0 radical (unpaired) electrons. The van der Waals surface area contributed by atoms with E-state index in [0.717, 1.165) is 4.90 Å². The Morgan fingerprint density at radius 2 is 1.57 bits per heavy atom. The third kappa shape index (κ3) is 7.61. The molecule has 160 valence electrons. The Kier molecular flexibility index (Phi) is 7.27. The first kappa shape index (κ1) is 23.5. The maximum Gasteiger partial charge on any atom is 0.411 e. The molecule has 0 saturated carbocycles. The summed E-state index contributed by atoms with van der Waals surface area (Å²) in [7, 11) is 0. The number of carboxylic acids is 1. The fraction of sp³-hybridized carbons (Fsp3) is 0.778. The summed E-state index contributed by atoms with van der Waals surface area (Å²) in [4.78, 5) is 48.9. The molecule has 1 fully saturated rings. The van der Waals surface area contributed by atoms with Crippen molar-refractivity contribution in [2.75, 3.05) is 6.54 Å². The fourth-order valence-electron chi connectivity index (χ4n) is 2.57. The maximum absolute atomic E-state index is 12.3. The Morgan fingerprint density at radius 1 is 1.04 bits per heavy atom. The third-order valence-corrected chi connectivity index (χ3v) is 3.69. The van der Waals surface area contributed by atoms with Gasteiger partial charge in [-0.2, -0.15) is 0 Å². The molecule has 0 aliphatic carbocycles. The molecule has 3 atom stereocenters. The van der Waals surface area contributed by atoms with E-state index in [0.29, 0.717) is 0 Å².